The first-order chi connectivity index (χ1) is 16.5. The van der Waals surface area contributed by atoms with Crippen molar-refractivity contribution in [3.05, 3.63) is 46.0 Å². The van der Waals surface area contributed by atoms with Crippen molar-refractivity contribution in [2.45, 2.75) is 30.8 Å². The van der Waals surface area contributed by atoms with E-state index in [0.29, 0.717) is 19.6 Å². The molecule has 0 saturated carbocycles. The van der Waals surface area contributed by atoms with Gasteiger partial charge in [0.25, 0.3) is 0 Å². The van der Waals surface area contributed by atoms with Gasteiger partial charge in [-0.3, -0.25) is 9.69 Å². The molecule has 2 aromatic heterocycles. The summed E-state index contributed by atoms with van der Waals surface area (Å²) in [4.78, 5) is 21.3. The van der Waals surface area contributed by atoms with Crippen molar-refractivity contribution in [1.82, 2.24) is 19.4 Å². The number of rotatable bonds is 6. The highest BCUT2D eigenvalue weighted by molar-refractivity contribution is 7.09. The lowest BCUT2D eigenvalue weighted by atomic mass is 9.68. The zero-order valence-corrected chi connectivity index (χ0v) is 20.8. The molecular formula is C25H32N4O4S. The van der Waals surface area contributed by atoms with Gasteiger partial charge in [-0.1, -0.05) is 0 Å². The summed E-state index contributed by atoms with van der Waals surface area (Å²) in [6, 6.07) is 6.13. The number of fused-ring (bicyclic) bond motifs is 4. The molecule has 34 heavy (non-hydrogen) atoms. The second kappa shape index (κ2) is 9.30. The van der Waals surface area contributed by atoms with E-state index in [2.05, 4.69) is 33.6 Å². The van der Waals surface area contributed by atoms with Gasteiger partial charge in [-0.05, 0) is 30.5 Å². The van der Waals surface area contributed by atoms with Crippen LogP contribution in [-0.4, -0.2) is 77.4 Å². The van der Waals surface area contributed by atoms with Crippen molar-refractivity contribution in [1.29, 1.82) is 0 Å². The largest absolute Gasteiger partial charge is 0.497 e. The SMILES string of the molecule is COCC(=O)N1CCC2(CC1)CN(Cc1nccs1)[C@@H](CO)c1c2c2ccc(OC)cc2n1C. The Bertz CT molecular complexity index is 1170. The van der Waals surface area contributed by atoms with Crippen molar-refractivity contribution in [2.24, 2.45) is 7.05 Å². The maximum absolute atomic E-state index is 12.5. The van der Waals surface area contributed by atoms with E-state index in [-0.39, 0.29) is 30.6 Å². The highest BCUT2D eigenvalue weighted by atomic mass is 32.1. The number of hydrogen-bond donors (Lipinski definition) is 1. The Kier molecular flexibility index (Phi) is 6.37. The fraction of sp³-hybridized carbons (Fsp3) is 0.520. The van der Waals surface area contributed by atoms with Gasteiger partial charge >= 0.3 is 0 Å². The lowest BCUT2D eigenvalue weighted by Gasteiger charge is -2.50. The molecule has 1 atom stereocenters. The van der Waals surface area contributed by atoms with E-state index in [9.17, 15) is 9.90 Å². The summed E-state index contributed by atoms with van der Waals surface area (Å²) in [7, 11) is 5.33. The van der Waals surface area contributed by atoms with Crippen LogP contribution < -0.4 is 4.74 Å². The van der Waals surface area contributed by atoms with Crippen LogP contribution in [0.1, 0.15) is 35.1 Å². The third-order valence-electron chi connectivity index (χ3n) is 7.58. The van der Waals surface area contributed by atoms with Gasteiger partial charge in [0.2, 0.25) is 5.91 Å². The molecule has 4 heterocycles. The molecule has 1 spiro atoms. The minimum absolute atomic E-state index is 0.0359. The van der Waals surface area contributed by atoms with Gasteiger partial charge in [0.1, 0.15) is 17.4 Å². The van der Waals surface area contributed by atoms with Crippen LogP contribution in [0.25, 0.3) is 10.9 Å². The Morgan fingerprint density at radius 3 is 2.74 bits per heavy atom. The average molecular weight is 485 g/mol. The first-order valence-corrected chi connectivity index (χ1v) is 12.6. The van der Waals surface area contributed by atoms with E-state index < -0.39 is 0 Å². The topological polar surface area (TPSA) is 80.1 Å². The van der Waals surface area contributed by atoms with Crippen molar-refractivity contribution in [2.75, 3.05) is 47.1 Å². The average Bonchev–Trinajstić information content (AvgIpc) is 3.46. The number of methoxy groups -OCH3 is 2. The molecule has 0 radical (unpaired) electrons. The Balaban J connectivity index is 1.61. The number of thiazole rings is 1. The van der Waals surface area contributed by atoms with E-state index in [1.165, 1.54) is 10.9 Å². The molecule has 1 saturated heterocycles. The molecule has 2 aliphatic rings. The molecule has 0 aliphatic carbocycles. The van der Waals surface area contributed by atoms with Crippen LogP contribution in [0.3, 0.4) is 0 Å². The zero-order chi connectivity index (χ0) is 23.9. The lowest BCUT2D eigenvalue weighted by Crippen LogP contribution is -2.54. The molecule has 1 aromatic carbocycles. The number of piperidine rings is 1. The van der Waals surface area contributed by atoms with Gasteiger partial charge in [-0.25, -0.2) is 4.98 Å². The summed E-state index contributed by atoms with van der Waals surface area (Å²) < 4.78 is 12.8. The number of aryl methyl sites for hydroxylation is 1. The molecule has 8 nitrogen and oxygen atoms in total. The highest BCUT2D eigenvalue weighted by Gasteiger charge is 2.48. The standard InChI is InChI=1S/C25H32N4O4S/c1-27-19-12-17(33-3)4-5-18(19)23-24(27)20(14-30)29(13-21-26-8-11-34-21)16-25(23)6-9-28(10-7-25)22(31)15-32-2/h4-5,8,11-12,20,30H,6-7,9-10,13-16H2,1-3H3/t20-/m0/s1. The molecule has 3 aromatic rings. The Morgan fingerprint density at radius 2 is 2.09 bits per heavy atom. The molecule has 1 N–H and O–H groups in total. The second-order valence-electron chi connectivity index (χ2n) is 9.33. The predicted molar refractivity (Wildman–Crippen MR) is 131 cm³/mol. The fourth-order valence-electron chi connectivity index (χ4n) is 5.94. The maximum atomic E-state index is 12.5. The quantitative estimate of drug-likeness (QED) is 0.580. The van der Waals surface area contributed by atoms with Gasteiger partial charge in [0, 0.05) is 67.9 Å². The Morgan fingerprint density at radius 1 is 1.29 bits per heavy atom. The van der Waals surface area contributed by atoms with Crippen LogP contribution in [-0.2, 0) is 28.5 Å². The molecule has 5 rings (SSSR count). The molecule has 0 bridgehead atoms. The second-order valence-corrected chi connectivity index (χ2v) is 10.3. The van der Waals surface area contributed by atoms with Crippen molar-refractivity contribution >= 4 is 28.1 Å². The minimum atomic E-state index is -0.124. The van der Waals surface area contributed by atoms with Gasteiger partial charge in [0.05, 0.1) is 31.8 Å². The highest BCUT2D eigenvalue weighted by Crippen LogP contribution is 2.50. The number of aliphatic hydroxyl groups is 1. The number of aromatic nitrogens is 2. The van der Waals surface area contributed by atoms with Crippen molar-refractivity contribution in [3.63, 3.8) is 0 Å². The number of nitrogens with zero attached hydrogens (tertiary/aromatic N) is 4. The van der Waals surface area contributed by atoms with E-state index >= 15 is 0 Å². The Hall–Kier alpha value is -2.46. The van der Waals surface area contributed by atoms with E-state index in [4.69, 9.17) is 9.47 Å². The predicted octanol–water partition coefficient (Wildman–Crippen LogP) is 2.70. The van der Waals surface area contributed by atoms with Crippen molar-refractivity contribution in [3.8, 4) is 5.75 Å². The van der Waals surface area contributed by atoms with Gasteiger partial charge in [-0.15, -0.1) is 11.3 Å². The summed E-state index contributed by atoms with van der Waals surface area (Å²) >= 11 is 1.64. The summed E-state index contributed by atoms with van der Waals surface area (Å²) in [5.74, 6) is 0.864. The third-order valence-corrected chi connectivity index (χ3v) is 8.35. The molecular weight excluding hydrogens is 452 g/mol. The van der Waals surface area contributed by atoms with E-state index in [1.807, 2.05) is 22.5 Å². The number of carbonyl (C=O) groups excluding carboxylic acids is 1. The smallest absolute Gasteiger partial charge is 0.248 e. The first kappa shape index (κ1) is 23.3. The molecule has 0 unspecified atom stereocenters. The molecule has 1 amide bonds. The number of hydrogen-bond acceptors (Lipinski definition) is 7. The maximum Gasteiger partial charge on any atom is 0.248 e. The number of benzene rings is 1. The lowest BCUT2D eigenvalue weighted by molar-refractivity contribution is -0.137. The molecule has 1 fully saturated rings. The number of aliphatic hydroxyl groups excluding tert-OH is 1. The van der Waals surface area contributed by atoms with Gasteiger partial charge < -0.3 is 24.0 Å². The first-order valence-electron chi connectivity index (χ1n) is 11.7. The normalized spacial score (nSPS) is 20.1. The van der Waals surface area contributed by atoms with Crippen LogP contribution in [0, 0.1) is 0 Å². The van der Waals surface area contributed by atoms with Crippen molar-refractivity contribution < 1.29 is 19.4 Å². The molecule has 182 valence electrons. The van der Waals surface area contributed by atoms with Crippen LogP contribution in [0.5, 0.6) is 5.75 Å². The number of carbonyl (C=O) groups is 1. The van der Waals surface area contributed by atoms with Crippen LogP contribution in [0.15, 0.2) is 29.8 Å². The number of amides is 1. The Labute approximate surface area is 203 Å². The summed E-state index contributed by atoms with van der Waals surface area (Å²) in [6.07, 6.45) is 3.57. The summed E-state index contributed by atoms with van der Waals surface area (Å²) in [6.45, 7) is 3.07. The molecule has 9 heteroatoms. The van der Waals surface area contributed by atoms with Crippen LogP contribution >= 0.6 is 11.3 Å². The van der Waals surface area contributed by atoms with E-state index in [1.54, 1.807) is 25.6 Å². The third kappa shape index (κ3) is 3.80. The number of ether oxygens (including phenoxy) is 2. The molecule has 2 aliphatic heterocycles. The summed E-state index contributed by atoms with van der Waals surface area (Å²) in [5, 5.41) is 14.8. The van der Waals surface area contributed by atoms with Gasteiger partial charge in [0.15, 0.2) is 0 Å². The van der Waals surface area contributed by atoms with E-state index in [0.717, 1.165) is 41.4 Å². The monoisotopic (exact) mass is 484 g/mol. The van der Waals surface area contributed by atoms with Crippen LogP contribution in [0.2, 0.25) is 0 Å². The summed E-state index contributed by atoms with van der Waals surface area (Å²) in [5.41, 5.74) is 3.47. The minimum Gasteiger partial charge on any atom is -0.497 e. The number of likely N-dealkylation sites (tertiary alicyclic amines) is 1. The zero-order valence-electron chi connectivity index (χ0n) is 20.0. The van der Waals surface area contributed by atoms with Crippen LogP contribution in [0.4, 0.5) is 0 Å². The fourth-order valence-corrected chi connectivity index (χ4v) is 6.58. The van der Waals surface area contributed by atoms with Gasteiger partial charge in [-0.2, -0.15) is 0 Å².